The van der Waals surface area contributed by atoms with E-state index in [1.165, 1.54) is 17.0 Å². The monoisotopic (exact) mass is 639 g/mol. The fraction of sp³-hybridized carbons (Fsp3) is 0.133. The van der Waals surface area contributed by atoms with Crippen LogP contribution in [0.25, 0.3) is 16.8 Å². The summed E-state index contributed by atoms with van der Waals surface area (Å²) in [4.78, 5) is 27.5. The second-order valence-electron chi connectivity index (χ2n) is 8.63. The van der Waals surface area contributed by atoms with Crippen molar-refractivity contribution >= 4 is 62.3 Å². The molecule has 8 heteroatoms. The van der Waals surface area contributed by atoms with Gasteiger partial charge in [0.2, 0.25) is 0 Å². The standard InChI is InChI=1S/C30H23FINO4S/c1-2-36-26-15-21(14-25(32)28(26)37-18-19-8-11-24(31)12-9-19)16-27-29(34)33(30(35)38-27)17-20-7-10-22-5-3-4-6-23(22)13-20/h3-16H,2,17-18H2,1H3/b27-16-. The lowest BCUT2D eigenvalue weighted by atomic mass is 10.1. The van der Waals surface area contributed by atoms with E-state index in [4.69, 9.17) is 9.47 Å². The zero-order valence-electron chi connectivity index (χ0n) is 20.4. The van der Waals surface area contributed by atoms with Crippen molar-refractivity contribution in [2.75, 3.05) is 6.61 Å². The van der Waals surface area contributed by atoms with Gasteiger partial charge in [-0.05, 0) is 105 Å². The van der Waals surface area contributed by atoms with Crippen LogP contribution in [0.1, 0.15) is 23.6 Å². The summed E-state index contributed by atoms with van der Waals surface area (Å²) in [7, 11) is 0. The summed E-state index contributed by atoms with van der Waals surface area (Å²) >= 11 is 3.09. The molecule has 1 aliphatic heterocycles. The largest absolute Gasteiger partial charge is 0.490 e. The zero-order chi connectivity index (χ0) is 26.6. The molecule has 4 aromatic carbocycles. The molecule has 0 bridgehead atoms. The number of hydrogen-bond donors (Lipinski definition) is 0. The maximum atomic E-state index is 13.2. The van der Waals surface area contributed by atoms with Crippen molar-refractivity contribution in [3.8, 4) is 11.5 Å². The van der Waals surface area contributed by atoms with Crippen LogP contribution in [-0.2, 0) is 17.9 Å². The third kappa shape index (κ3) is 5.86. The number of hydrogen-bond acceptors (Lipinski definition) is 5. The first-order valence-corrected chi connectivity index (χ1v) is 13.9. The van der Waals surface area contributed by atoms with Crippen LogP contribution in [0, 0.1) is 9.39 Å². The van der Waals surface area contributed by atoms with Gasteiger partial charge in [0.15, 0.2) is 11.5 Å². The van der Waals surface area contributed by atoms with Gasteiger partial charge < -0.3 is 9.47 Å². The fourth-order valence-corrected chi connectivity index (χ4v) is 5.74. The average Bonchev–Trinajstić information content (AvgIpc) is 3.16. The van der Waals surface area contributed by atoms with Gasteiger partial charge in [-0.25, -0.2) is 4.39 Å². The summed E-state index contributed by atoms with van der Waals surface area (Å²) in [5, 5.41) is 1.87. The normalized spacial score (nSPS) is 14.5. The lowest BCUT2D eigenvalue weighted by molar-refractivity contribution is -0.123. The zero-order valence-corrected chi connectivity index (χ0v) is 23.4. The smallest absolute Gasteiger partial charge is 0.293 e. The molecule has 5 nitrogen and oxygen atoms in total. The minimum atomic E-state index is -0.322. The van der Waals surface area contributed by atoms with Crippen LogP contribution in [0.15, 0.2) is 83.8 Å². The Morgan fingerprint density at radius 2 is 1.66 bits per heavy atom. The molecule has 0 radical (unpaired) electrons. The summed E-state index contributed by atoms with van der Waals surface area (Å²) in [6.07, 6.45) is 1.71. The van der Waals surface area contributed by atoms with E-state index in [0.717, 1.165) is 42.8 Å². The van der Waals surface area contributed by atoms with E-state index >= 15 is 0 Å². The molecule has 0 N–H and O–H groups in total. The predicted octanol–water partition coefficient (Wildman–Crippen LogP) is 7.80. The third-order valence-corrected chi connectivity index (χ3v) is 7.66. The van der Waals surface area contributed by atoms with Gasteiger partial charge in [0, 0.05) is 0 Å². The second kappa shape index (κ2) is 11.6. The highest BCUT2D eigenvalue weighted by molar-refractivity contribution is 14.1. The molecule has 38 heavy (non-hydrogen) atoms. The van der Waals surface area contributed by atoms with E-state index in [1.54, 1.807) is 24.3 Å². The van der Waals surface area contributed by atoms with Crippen LogP contribution in [0.3, 0.4) is 0 Å². The molecule has 4 aromatic rings. The number of rotatable bonds is 8. The first kappa shape index (κ1) is 26.2. The Morgan fingerprint density at radius 1 is 0.921 bits per heavy atom. The van der Waals surface area contributed by atoms with E-state index in [0.29, 0.717) is 23.0 Å². The van der Waals surface area contributed by atoms with Crippen molar-refractivity contribution in [3.05, 3.63) is 110 Å². The highest BCUT2D eigenvalue weighted by atomic mass is 127. The predicted molar refractivity (Wildman–Crippen MR) is 157 cm³/mol. The average molecular weight is 639 g/mol. The molecule has 1 heterocycles. The highest BCUT2D eigenvalue weighted by Crippen LogP contribution is 2.38. The van der Waals surface area contributed by atoms with Gasteiger partial charge in [-0.1, -0.05) is 48.5 Å². The van der Waals surface area contributed by atoms with E-state index < -0.39 is 0 Å². The summed E-state index contributed by atoms with van der Waals surface area (Å²) < 4.78 is 25.8. The van der Waals surface area contributed by atoms with Gasteiger partial charge in [-0.15, -0.1) is 0 Å². The molecular weight excluding hydrogens is 616 g/mol. The number of amides is 2. The van der Waals surface area contributed by atoms with Crippen molar-refractivity contribution in [2.24, 2.45) is 0 Å². The Bertz CT molecular complexity index is 1550. The second-order valence-corrected chi connectivity index (χ2v) is 10.8. The molecule has 0 saturated carbocycles. The van der Waals surface area contributed by atoms with Crippen LogP contribution >= 0.6 is 34.4 Å². The van der Waals surface area contributed by atoms with E-state index in [1.807, 2.05) is 55.5 Å². The van der Waals surface area contributed by atoms with Crippen molar-refractivity contribution in [2.45, 2.75) is 20.1 Å². The van der Waals surface area contributed by atoms with Crippen LogP contribution in [0.2, 0.25) is 0 Å². The van der Waals surface area contributed by atoms with Gasteiger partial charge in [-0.3, -0.25) is 14.5 Å². The molecule has 0 spiro atoms. The van der Waals surface area contributed by atoms with E-state index in [-0.39, 0.29) is 30.1 Å². The van der Waals surface area contributed by atoms with Gasteiger partial charge in [0.25, 0.3) is 11.1 Å². The Labute approximate surface area is 237 Å². The molecule has 192 valence electrons. The molecule has 0 atom stereocenters. The van der Waals surface area contributed by atoms with Crippen molar-refractivity contribution in [3.63, 3.8) is 0 Å². The first-order chi connectivity index (χ1) is 18.4. The maximum absolute atomic E-state index is 13.2. The quantitative estimate of drug-likeness (QED) is 0.146. The maximum Gasteiger partial charge on any atom is 0.293 e. The van der Waals surface area contributed by atoms with Gasteiger partial charge in [0.05, 0.1) is 21.6 Å². The van der Waals surface area contributed by atoms with Crippen molar-refractivity contribution in [1.82, 2.24) is 4.90 Å². The number of nitrogens with zero attached hydrogens (tertiary/aromatic N) is 1. The van der Waals surface area contributed by atoms with Crippen molar-refractivity contribution in [1.29, 1.82) is 0 Å². The Morgan fingerprint density at radius 3 is 2.42 bits per heavy atom. The number of fused-ring (bicyclic) bond motifs is 1. The molecule has 0 unspecified atom stereocenters. The first-order valence-electron chi connectivity index (χ1n) is 12.0. The summed E-state index contributed by atoms with van der Waals surface area (Å²) in [6.45, 7) is 2.77. The highest BCUT2D eigenvalue weighted by Gasteiger charge is 2.35. The Hall–Kier alpha value is -3.37. The lowest BCUT2D eigenvalue weighted by Gasteiger charge is -2.15. The number of carbonyl (C=O) groups excluding carboxylic acids is 2. The number of ether oxygens (including phenoxy) is 2. The minimum Gasteiger partial charge on any atom is -0.490 e. The van der Waals surface area contributed by atoms with Crippen molar-refractivity contribution < 1.29 is 23.5 Å². The van der Waals surface area contributed by atoms with Crippen LogP contribution < -0.4 is 9.47 Å². The van der Waals surface area contributed by atoms with E-state index in [9.17, 15) is 14.0 Å². The molecule has 1 fully saturated rings. The number of thioether (sulfide) groups is 1. The molecular formula is C30H23FINO4S. The molecule has 0 aromatic heterocycles. The molecule has 1 aliphatic rings. The Balaban J connectivity index is 1.35. The summed E-state index contributed by atoms with van der Waals surface area (Å²) in [5.41, 5.74) is 2.44. The molecule has 0 aliphatic carbocycles. The topological polar surface area (TPSA) is 55.8 Å². The van der Waals surface area contributed by atoms with Crippen LogP contribution in [0.4, 0.5) is 9.18 Å². The van der Waals surface area contributed by atoms with E-state index in [2.05, 4.69) is 22.6 Å². The molecule has 1 saturated heterocycles. The lowest BCUT2D eigenvalue weighted by Crippen LogP contribution is -2.27. The Kier molecular flexibility index (Phi) is 7.99. The SMILES string of the molecule is CCOc1cc(/C=C2\SC(=O)N(Cc3ccc4ccccc4c3)C2=O)cc(I)c1OCc1ccc(F)cc1. The third-order valence-electron chi connectivity index (χ3n) is 5.95. The summed E-state index contributed by atoms with van der Waals surface area (Å²) in [5.74, 6) is 0.476. The summed E-state index contributed by atoms with van der Waals surface area (Å²) in [6, 6.07) is 23.7. The van der Waals surface area contributed by atoms with Crippen LogP contribution in [-0.4, -0.2) is 22.7 Å². The van der Waals surface area contributed by atoms with Gasteiger partial charge >= 0.3 is 0 Å². The molecule has 5 rings (SSSR count). The minimum absolute atomic E-state index is 0.213. The van der Waals surface area contributed by atoms with Gasteiger partial charge in [0.1, 0.15) is 12.4 Å². The fourth-order valence-electron chi connectivity index (χ4n) is 4.12. The van der Waals surface area contributed by atoms with Gasteiger partial charge in [-0.2, -0.15) is 0 Å². The number of carbonyl (C=O) groups is 2. The number of benzene rings is 4. The number of halogens is 2. The molecule has 2 amide bonds. The van der Waals surface area contributed by atoms with Crippen LogP contribution in [0.5, 0.6) is 11.5 Å². The number of imide groups is 1.